The fraction of sp³-hybridized carbons (Fsp3) is 0.0435. The molecule has 0 atom stereocenters. The Balaban J connectivity index is 1.94. The van der Waals surface area contributed by atoms with Crippen LogP contribution in [0.1, 0.15) is 17.0 Å². The van der Waals surface area contributed by atoms with Gasteiger partial charge >= 0.3 is 0 Å². The maximum Gasteiger partial charge on any atom is 0.266 e. The van der Waals surface area contributed by atoms with Crippen LogP contribution in [-0.4, -0.2) is 9.55 Å². The van der Waals surface area contributed by atoms with Gasteiger partial charge in [-0.25, -0.2) is 13.8 Å². The number of aryl methyl sites for hydroxylation is 1. The number of para-hydroxylation sites is 1. The summed E-state index contributed by atoms with van der Waals surface area (Å²) < 4.78 is 28.6. The average molecular weight is 374 g/mol. The lowest BCUT2D eigenvalue weighted by Crippen LogP contribution is -2.22. The molecule has 1 aromatic heterocycles. The summed E-state index contributed by atoms with van der Waals surface area (Å²) in [6.45, 7) is 1.66. The second kappa shape index (κ2) is 7.19. The standard InChI is InChI=1S/C23H16F2N2O/c1-15-6-12-18(14-20(15)25)27-22(13-9-16-7-10-17(24)11-8-16)26-21-5-3-2-4-19(21)23(27)28/h2-14H,1H3/b13-9-. The second-order valence-corrected chi connectivity index (χ2v) is 6.45. The van der Waals surface area contributed by atoms with Gasteiger partial charge in [-0.3, -0.25) is 9.36 Å². The Hall–Kier alpha value is -3.60. The average Bonchev–Trinajstić information content (AvgIpc) is 2.70. The Morgan fingerprint density at radius 3 is 2.43 bits per heavy atom. The van der Waals surface area contributed by atoms with E-state index in [1.165, 1.54) is 22.8 Å². The van der Waals surface area contributed by atoms with E-state index in [4.69, 9.17) is 0 Å². The van der Waals surface area contributed by atoms with Crippen LogP contribution in [0.5, 0.6) is 0 Å². The highest BCUT2D eigenvalue weighted by molar-refractivity contribution is 5.80. The minimum atomic E-state index is -0.397. The third-order valence-electron chi connectivity index (χ3n) is 4.51. The Morgan fingerprint density at radius 2 is 1.68 bits per heavy atom. The first kappa shape index (κ1) is 17.8. The van der Waals surface area contributed by atoms with Gasteiger partial charge in [-0.2, -0.15) is 0 Å². The predicted octanol–water partition coefficient (Wildman–Crippen LogP) is 5.14. The largest absolute Gasteiger partial charge is 0.268 e. The van der Waals surface area contributed by atoms with E-state index in [1.54, 1.807) is 67.6 Å². The molecule has 0 spiro atoms. The maximum absolute atomic E-state index is 14.1. The van der Waals surface area contributed by atoms with E-state index in [-0.39, 0.29) is 11.4 Å². The van der Waals surface area contributed by atoms with Gasteiger partial charge in [0.15, 0.2) is 0 Å². The van der Waals surface area contributed by atoms with Crippen molar-refractivity contribution in [3.63, 3.8) is 0 Å². The van der Waals surface area contributed by atoms with E-state index in [0.717, 1.165) is 5.56 Å². The summed E-state index contributed by atoms with van der Waals surface area (Å²) in [6, 6.07) is 17.6. The third kappa shape index (κ3) is 3.34. The number of fused-ring (bicyclic) bond motifs is 1. The molecule has 1 heterocycles. The zero-order valence-corrected chi connectivity index (χ0v) is 15.1. The molecule has 4 rings (SSSR count). The number of nitrogens with zero attached hydrogens (tertiary/aromatic N) is 2. The molecule has 0 fully saturated rings. The normalized spacial score (nSPS) is 11.4. The van der Waals surface area contributed by atoms with Crippen molar-refractivity contribution in [2.45, 2.75) is 6.92 Å². The van der Waals surface area contributed by atoms with Crippen molar-refractivity contribution in [2.75, 3.05) is 0 Å². The molecule has 0 unspecified atom stereocenters. The van der Waals surface area contributed by atoms with E-state index in [1.807, 2.05) is 0 Å². The number of benzene rings is 3. The zero-order valence-electron chi connectivity index (χ0n) is 15.1. The molecule has 0 bridgehead atoms. The van der Waals surface area contributed by atoms with Crippen LogP contribution in [0.15, 0.2) is 71.5 Å². The van der Waals surface area contributed by atoms with Crippen molar-refractivity contribution < 1.29 is 8.78 Å². The highest BCUT2D eigenvalue weighted by Crippen LogP contribution is 2.18. The molecule has 0 aliphatic heterocycles. The fourth-order valence-electron chi connectivity index (χ4n) is 2.98. The first-order valence-electron chi connectivity index (χ1n) is 8.75. The quantitative estimate of drug-likeness (QED) is 0.497. The Labute approximate surface area is 160 Å². The van der Waals surface area contributed by atoms with Crippen molar-refractivity contribution >= 4 is 23.1 Å². The monoisotopic (exact) mass is 374 g/mol. The molecule has 28 heavy (non-hydrogen) atoms. The highest BCUT2D eigenvalue weighted by atomic mass is 19.1. The van der Waals surface area contributed by atoms with Gasteiger partial charge in [-0.1, -0.05) is 36.4 Å². The first-order valence-corrected chi connectivity index (χ1v) is 8.75. The van der Waals surface area contributed by atoms with Crippen molar-refractivity contribution in [3.8, 4) is 5.69 Å². The van der Waals surface area contributed by atoms with Gasteiger partial charge in [0.2, 0.25) is 0 Å². The summed E-state index contributed by atoms with van der Waals surface area (Å²) in [5.74, 6) is -0.365. The molecular weight excluding hydrogens is 358 g/mol. The van der Waals surface area contributed by atoms with Gasteiger partial charge in [-0.05, 0) is 60.5 Å². The number of halogens is 2. The fourth-order valence-corrected chi connectivity index (χ4v) is 2.98. The number of hydrogen-bond donors (Lipinski definition) is 0. The summed E-state index contributed by atoms with van der Waals surface area (Å²) in [7, 11) is 0. The lowest BCUT2D eigenvalue weighted by Gasteiger charge is -2.12. The highest BCUT2D eigenvalue weighted by Gasteiger charge is 2.12. The van der Waals surface area contributed by atoms with Crippen LogP contribution in [0, 0.1) is 18.6 Å². The van der Waals surface area contributed by atoms with Gasteiger partial charge in [0.1, 0.15) is 17.5 Å². The lowest BCUT2D eigenvalue weighted by atomic mass is 10.1. The van der Waals surface area contributed by atoms with Gasteiger partial charge in [0.25, 0.3) is 5.56 Å². The van der Waals surface area contributed by atoms with Crippen LogP contribution in [0.25, 0.3) is 28.7 Å². The van der Waals surface area contributed by atoms with E-state index < -0.39 is 5.82 Å². The zero-order chi connectivity index (χ0) is 19.7. The molecule has 0 radical (unpaired) electrons. The summed E-state index contributed by atoms with van der Waals surface area (Å²) in [5.41, 5.74) is 1.91. The number of aromatic nitrogens is 2. The number of rotatable bonds is 3. The van der Waals surface area contributed by atoms with Crippen LogP contribution in [0.3, 0.4) is 0 Å². The first-order chi connectivity index (χ1) is 13.5. The van der Waals surface area contributed by atoms with Gasteiger partial charge in [0.05, 0.1) is 16.6 Å². The van der Waals surface area contributed by atoms with Crippen molar-refractivity contribution in [1.82, 2.24) is 9.55 Å². The van der Waals surface area contributed by atoms with Crippen LogP contribution in [-0.2, 0) is 0 Å². The molecule has 4 aromatic rings. The van der Waals surface area contributed by atoms with E-state index >= 15 is 0 Å². The molecule has 0 amide bonds. The van der Waals surface area contributed by atoms with Crippen molar-refractivity contribution in [2.24, 2.45) is 0 Å². The van der Waals surface area contributed by atoms with Crippen molar-refractivity contribution in [3.05, 3.63) is 106 Å². The maximum atomic E-state index is 14.1. The van der Waals surface area contributed by atoms with Crippen LogP contribution < -0.4 is 5.56 Å². The molecule has 0 N–H and O–H groups in total. The molecule has 138 valence electrons. The smallest absolute Gasteiger partial charge is 0.266 e. The van der Waals surface area contributed by atoms with Crippen molar-refractivity contribution in [1.29, 1.82) is 0 Å². The van der Waals surface area contributed by atoms with Gasteiger partial charge < -0.3 is 0 Å². The van der Waals surface area contributed by atoms with Gasteiger partial charge in [-0.15, -0.1) is 0 Å². The summed E-state index contributed by atoms with van der Waals surface area (Å²) in [4.78, 5) is 17.7. The molecule has 0 saturated carbocycles. The van der Waals surface area contributed by atoms with E-state index in [2.05, 4.69) is 4.98 Å². The molecule has 3 nitrogen and oxygen atoms in total. The molecular formula is C23H16F2N2O. The summed E-state index contributed by atoms with van der Waals surface area (Å²) in [5, 5.41) is 0.447. The van der Waals surface area contributed by atoms with Gasteiger partial charge in [0, 0.05) is 0 Å². The second-order valence-electron chi connectivity index (χ2n) is 6.45. The topological polar surface area (TPSA) is 34.9 Å². The molecule has 0 aliphatic carbocycles. The summed E-state index contributed by atoms with van der Waals surface area (Å²) >= 11 is 0. The van der Waals surface area contributed by atoms with E-state index in [0.29, 0.717) is 28.0 Å². The predicted molar refractivity (Wildman–Crippen MR) is 107 cm³/mol. The van der Waals surface area contributed by atoms with Crippen LogP contribution in [0.2, 0.25) is 0 Å². The summed E-state index contributed by atoms with van der Waals surface area (Å²) in [6.07, 6.45) is 3.40. The molecule has 5 heteroatoms. The Kier molecular flexibility index (Phi) is 4.57. The molecule has 0 aliphatic rings. The third-order valence-corrected chi connectivity index (χ3v) is 4.51. The minimum Gasteiger partial charge on any atom is -0.268 e. The molecule has 0 saturated heterocycles. The Bertz CT molecular complexity index is 1260. The SMILES string of the molecule is Cc1ccc(-n2c(/C=C\c3ccc(F)cc3)nc3ccccc3c2=O)cc1F. The number of hydrogen-bond acceptors (Lipinski definition) is 2. The molecule has 3 aromatic carbocycles. The van der Waals surface area contributed by atoms with Crippen LogP contribution >= 0.6 is 0 Å². The minimum absolute atomic E-state index is 0.285. The Morgan fingerprint density at radius 1 is 0.929 bits per heavy atom. The van der Waals surface area contributed by atoms with Crippen LogP contribution in [0.4, 0.5) is 8.78 Å². The lowest BCUT2D eigenvalue weighted by molar-refractivity contribution is 0.617. The van der Waals surface area contributed by atoms with E-state index in [9.17, 15) is 13.6 Å².